The molecule has 0 fully saturated rings. The van der Waals surface area contributed by atoms with Gasteiger partial charge in [-0.3, -0.25) is 0 Å². The first-order valence-corrected chi connectivity index (χ1v) is 12.4. The van der Waals surface area contributed by atoms with E-state index in [1.54, 1.807) is 57.2 Å². The van der Waals surface area contributed by atoms with Crippen LogP contribution in [-0.4, -0.2) is 14.2 Å². The van der Waals surface area contributed by atoms with E-state index in [-0.39, 0.29) is 10.7 Å². The molecule has 2 rings (SSSR count). The molecule has 0 aromatic heterocycles. The van der Waals surface area contributed by atoms with Gasteiger partial charge < -0.3 is 0 Å². The molecule has 0 aliphatic heterocycles. The maximum absolute atomic E-state index is 12.6. The van der Waals surface area contributed by atoms with E-state index >= 15 is 0 Å². The SMILES string of the molecule is Cc1ccc(S(=O)(=O)OI(C#CC(=O)C(C)(C)C)c2ccccc2)cc1. The monoisotopic (exact) mass is 484 g/mol. The Hall–Kier alpha value is -1.69. The van der Waals surface area contributed by atoms with Crippen LogP contribution in [0.25, 0.3) is 0 Å². The zero-order valence-electron chi connectivity index (χ0n) is 15.1. The molecule has 6 heteroatoms. The minimum atomic E-state index is -3.95. The Morgan fingerprint density at radius 3 is 2.12 bits per heavy atom. The number of carbonyl (C=O) groups excluding carboxylic acids is 1. The second-order valence-electron chi connectivity index (χ2n) is 6.67. The van der Waals surface area contributed by atoms with Crippen LogP contribution < -0.4 is 0 Å². The van der Waals surface area contributed by atoms with E-state index in [1.807, 2.05) is 13.0 Å². The molecule has 0 saturated heterocycles. The molecular formula is C20H21IO4S. The van der Waals surface area contributed by atoms with Crippen LogP contribution in [0.3, 0.4) is 0 Å². The Balaban J connectivity index is 2.38. The van der Waals surface area contributed by atoms with Crippen molar-refractivity contribution < 1.29 is 15.7 Å². The van der Waals surface area contributed by atoms with Gasteiger partial charge in [0, 0.05) is 0 Å². The molecule has 0 heterocycles. The van der Waals surface area contributed by atoms with Crippen LogP contribution in [0.15, 0.2) is 59.5 Å². The van der Waals surface area contributed by atoms with E-state index in [9.17, 15) is 13.2 Å². The molecule has 0 unspecified atom stereocenters. The van der Waals surface area contributed by atoms with Gasteiger partial charge in [0.05, 0.1) is 0 Å². The van der Waals surface area contributed by atoms with Crippen molar-refractivity contribution in [1.29, 1.82) is 0 Å². The number of halogens is 1. The molecule has 2 aromatic rings. The third-order valence-electron chi connectivity index (χ3n) is 3.31. The predicted octanol–water partition coefficient (Wildman–Crippen LogP) is 4.57. The van der Waals surface area contributed by atoms with E-state index in [0.29, 0.717) is 0 Å². The molecule has 0 aliphatic rings. The van der Waals surface area contributed by atoms with E-state index in [1.165, 1.54) is 12.1 Å². The summed E-state index contributed by atoms with van der Waals surface area (Å²) in [6.07, 6.45) is 0. The van der Waals surface area contributed by atoms with Crippen molar-refractivity contribution in [3.63, 3.8) is 0 Å². The Labute approximate surface area is 163 Å². The molecule has 0 amide bonds. The average molecular weight is 484 g/mol. The topological polar surface area (TPSA) is 60.4 Å². The Kier molecular flexibility index (Phi) is 6.61. The van der Waals surface area contributed by atoms with Crippen molar-refractivity contribution in [1.82, 2.24) is 0 Å². The molecule has 2 aromatic carbocycles. The Morgan fingerprint density at radius 2 is 1.58 bits per heavy atom. The second-order valence-corrected chi connectivity index (χ2v) is 12.5. The first-order chi connectivity index (χ1) is 12.1. The van der Waals surface area contributed by atoms with Crippen LogP contribution in [-0.2, 0) is 17.4 Å². The molecule has 0 N–H and O–H groups in total. The summed E-state index contributed by atoms with van der Waals surface area (Å²) in [5.41, 5.74) is 0.347. The summed E-state index contributed by atoms with van der Waals surface area (Å²) in [4.78, 5) is 12.2. The molecule has 0 aliphatic carbocycles. The van der Waals surface area contributed by atoms with Crippen molar-refractivity contribution >= 4 is 36.1 Å². The summed E-state index contributed by atoms with van der Waals surface area (Å²) >= 11 is -2.91. The summed E-state index contributed by atoms with van der Waals surface area (Å²) in [6.45, 7) is 7.20. The van der Waals surface area contributed by atoms with Gasteiger partial charge in [0.25, 0.3) is 0 Å². The van der Waals surface area contributed by atoms with E-state index in [2.05, 4.69) is 9.85 Å². The van der Waals surface area contributed by atoms with Crippen LogP contribution >= 0.6 is 20.2 Å². The predicted molar refractivity (Wildman–Crippen MR) is 111 cm³/mol. The Morgan fingerprint density at radius 1 is 1.00 bits per heavy atom. The van der Waals surface area contributed by atoms with Crippen LogP contribution in [0.5, 0.6) is 0 Å². The number of hydrogen-bond acceptors (Lipinski definition) is 4. The Bertz CT molecular complexity index is 931. The zero-order chi connectivity index (χ0) is 19.4. The van der Waals surface area contributed by atoms with Gasteiger partial charge in [-0.15, -0.1) is 0 Å². The van der Waals surface area contributed by atoms with Gasteiger partial charge in [-0.25, -0.2) is 0 Å². The number of rotatable bonds is 4. The fourth-order valence-electron chi connectivity index (χ4n) is 1.73. The second kappa shape index (κ2) is 8.33. The van der Waals surface area contributed by atoms with E-state index in [0.717, 1.165) is 9.13 Å². The van der Waals surface area contributed by atoms with Crippen LogP contribution in [0.4, 0.5) is 0 Å². The molecule has 0 spiro atoms. The van der Waals surface area contributed by atoms with Crippen molar-refractivity contribution in [2.24, 2.45) is 5.41 Å². The number of aryl methyl sites for hydroxylation is 1. The number of benzene rings is 2. The quantitative estimate of drug-likeness (QED) is 0.472. The normalized spacial score (nSPS) is 12.1. The molecule has 26 heavy (non-hydrogen) atoms. The van der Waals surface area contributed by atoms with Crippen LogP contribution in [0, 0.1) is 25.8 Å². The van der Waals surface area contributed by atoms with Crippen molar-refractivity contribution in [3.8, 4) is 9.85 Å². The average Bonchev–Trinajstić information content (AvgIpc) is 2.58. The first-order valence-electron chi connectivity index (χ1n) is 7.92. The van der Waals surface area contributed by atoms with E-state index in [4.69, 9.17) is 2.51 Å². The molecule has 0 bridgehead atoms. The summed E-state index contributed by atoms with van der Waals surface area (Å²) in [6, 6.07) is 15.5. The number of ketones is 1. The standard InChI is InChI=1S/C20H21IO4S/c1-16-10-12-18(13-11-16)26(23,24)25-21(17-8-6-5-7-9-17)15-14-19(22)20(2,3)4/h5-13H,1-4H3. The molecular weight excluding hydrogens is 463 g/mol. The molecule has 0 atom stereocenters. The van der Waals surface area contributed by atoms with Gasteiger partial charge in [0.15, 0.2) is 0 Å². The molecule has 4 nitrogen and oxygen atoms in total. The summed E-state index contributed by atoms with van der Waals surface area (Å²) < 4.78 is 34.3. The summed E-state index contributed by atoms with van der Waals surface area (Å²) in [5.74, 6) is 2.35. The summed E-state index contributed by atoms with van der Waals surface area (Å²) in [7, 11) is -3.95. The van der Waals surface area contributed by atoms with Crippen molar-refractivity contribution in [3.05, 3.63) is 63.7 Å². The maximum atomic E-state index is 12.6. The molecule has 0 saturated carbocycles. The summed E-state index contributed by atoms with van der Waals surface area (Å²) in [5, 5.41) is 0. The fourth-order valence-corrected chi connectivity index (χ4v) is 7.35. The van der Waals surface area contributed by atoms with E-state index < -0.39 is 35.8 Å². The minimum absolute atomic E-state index is 0.0882. The van der Waals surface area contributed by atoms with Gasteiger partial charge in [-0.1, -0.05) is 0 Å². The van der Waals surface area contributed by atoms with Gasteiger partial charge >= 0.3 is 163 Å². The fraction of sp³-hybridized carbons (Fsp3) is 0.250. The van der Waals surface area contributed by atoms with Crippen LogP contribution in [0.2, 0.25) is 0 Å². The zero-order valence-corrected chi connectivity index (χ0v) is 18.1. The number of hydrogen-bond donors (Lipinski definition) is 0. The molecule has 0 radical (unpaired) electrons. The third-order valence-corrected chi connectivity index (χ3v) is 9.57. The molecule has 138 valence electrons. The van der Waals surface area contributed by atoms with Crippen molar-refractivity contribution in [2.75, 3.05) is 0 Å². The number of Topliss-reactive ketones (excluding diaryl/α,β-unsaturated/α-hetero) is 1. The third kappa shape index (κ3) is 5.66. The van der Waals surface area contributed by atoms with Crippen molar-refractivity contribution in [2.45, 2.75) is 32.6 Å². The van der Waals surface area contributed by atoms with Gasteiger partial charge in [-0.2, -0.15) is 0 Å². The van der Waals surface area contributed by atoms with Crippen LogP contribution in [0.1, 0.15) is 26.3 Å². The van der Waals surface area contributed by atoms with Gasteiger partial charge in [0.2, 0.25) is 0 Å². The van der Waals surface area contributed by atoms with Gasteiger partial charge in [0.1, 0.15) is 0 Å². The van der Waals surface area contributed by atoms with Gasteiger partial charge in [-0.05, 0) is 0 Å². The number of carbonyl (C=O) groups is 1. The first kappa shape index (κ1) is 20.6.